The van der Waals surface area contributed by atoms with Crippen molar-refractivity contribution in [3.05, 3.63) is 76.3 Å². The van der Waals surface area contributed by atoms with Crippen LogP contribution in [0, 0.1) is 13.8 Å². The monoisotopic (exact) mass is 462 g/mol. The molecule has 33 heavy (non-hydrogen) atoms. The molecule has 174 valence electrons. The number of carbonyl (C=O) groups excluding carboxylic acids is 1. The summed E-state index contributed by atoms with van der Waals surface area (Å²) in [7, 11) is -1.40. The van der Waals surface area contributed by atoms with Crippen LogP contribution in [0.15, 0.2) is 48.5 Å². The van der Waals surface area contributed by atoms with E-state index in [9.17, 15) is 15.0 Å². The lowest BCUT2D eigenvalue weighted by Crippen LogP contribution is -2.27. The molecule has 3 aromatic carbocycles. The highest BCUT2D eigenvalue weighted by Crippen LogP contribution is 2.45. The first-order valence-corrected chi connectivity index (χ1v) is 12.6. The average Bonchev–Trinajstić information content (AvgIpc) is 2.71. The van der Waals surface area contributed by atoms with Crippen LogP contribution in [-0.2, 0) is 10.8 Å². The molecule has 3 nitrogen and oxygen atoms in total. The fourth-order valence-electron chi connectivity index (χ4n) is 4.18. The normalized spacial score (nSPS) is 12.3. The summed E-state index contributed by atoms with van der Waals surface area (Å²) in [5.74, 6) is 0.469. The number of hydrogen-bond donors (Lipinski definition) is 2. The number of aldehydes is 1. The molecule has 2 N–H and O–H groups in total. The van der Waals surface area contributed by atoms with Crippen LogP contribution in [0.25, 0.3) is 0 Å². The van der Waals surface area contributed by atoms with Crippen LogP contribution in [0.5, 0.6) is 11.5 Å². The summed E-state index contributed by atoms with van der Waals surface area (Å²) in [6.45, 7) is 16.5. The van der Waals surface area contributed by atoms with Crippen molar-refractivity contribution in [2.24, 2.45) is 0 Å². The number of phenols is 2. The van der Waals surface area contributed by atoms with E-state index < -0.39 is 7.92 Å². The maximum Gasteiger partial charge on any atom is 0.150 e. The minimum atomic E-state index is -1.40. The van der Waals surface area contributed by atoms with Gasteiger partial charge in [0, 0.05) is 27.3 Å². The summed E-state index contributed by atoms with van der Waals surface area (Å²) in [6.07, 6.45) is 0.861. The van der Waals surface area contributed by atoms with Gasteiger partial charge in [0.1, 0.15) is 11.5 Å². The third kappa shape index (κ3) is 4.99. The molecule has 0 aliphatic carbocycles. The van der Waals surface area contributed by atoms with E-state index in [2.05, 4.69) is 41.5 Å². The summed E-state index contributed by atoms with van der Waals surface area (Å²) in [5, 5.41) is 25.4. The standard InChI is InChI=1S/C29H35O3P/c1-18-13-21(28(3,4)5)26(31)24(15-18)33(23-12-10-9-11-20(23)17-30)25-16-19(2)14-22(27(25)32)29(6,7)8/h9-17,31-32H,1-8H3. The highest BCUT2D eigenvalue weighted by molar-refractivity contribution is 7.80. The molecule has 0 unspecified atom stereocenters. The SMILES string of the molecule is Cc1cc(P(c2ccccc2C=O)c2cc(C)cc(C(C)(C)C)c2O)c(O)c(C(C)(C)C)c1. The molecule has 0 heterocycles. The maximum atomic E-state index is 12.0. The number of hydrogen-bond acceptors (Lipinski definition) is 3. The van der Waals surface area contributed by atoms with Crippen molar-refractivity contribution < 1.29 is 15.0 Å². The van der Waals surface area contributed by atoms with Crippen LogP contribution >= 0.6 is 7.92 Å². The van der Waals surface area contributed by atoms with Gasteiger partial charge >= 0.3 is 0 Å². The second kappa shape index (κ2) is 8.95. The largest absolute Gasteiger partial charge is 0.507 e. The van der Waals surface area contributed by atoms with Gasteiger partial charge in [-0.2, -0.15) is 0 Å². The summed E-state index contributed by atoms with van der Waals surface area (Å²) in [5.41, 5.74) is 3.83. The number of aromatic hydroxyl groups is 2. The van der Waals surface area contributed by atoms with Crippen molar-refractivity contribution in [1.29, 1.82) is 0 Å². The van der Waals surface area contributed by atoms with Gasteiger partial charge in [0.25, 0.3) is 0 Å². The highest BCUT2D eigenvalue weighted by atomic mass is 31.1. The second-order valence-electron chi connectivity index (χ2n) is 10.9. The van der Waals surface area contributed by atoms with Crippen molar-refractivity contribution in [1.82, 2.24) is 0 Å². The van der Waals surface area contributed by atoms with Gasteiger partial charge in [-0.05, 0) is 61.2 Å². The van der Waals surface area contributed by atoms with Crippen molar-refractivity contribution in [3.63, 3.8) is 0 Å². The van der Waals surface area contributed by atoms with E-state index >= 15 is 0 Å². The van der Waals surface area contributed by atoms with Crippen LogP contribution in [0.4, 0.5) is 0 Å². The molecule has 3 rings (SSSR count). The van der Waals surface area contributed by atoms with E-state index in [1.807, 2.05) is 56.3 Å². The molecular formula is C29H35O3P. The molecule has 0 fully saturated rings. The number of carbonyl (C=O) groups is 1. The smallest absolute Gasteiger partial charge is 0.150 e. The van der Waals surface area contributed by atoms with Gasteiger partial charge in [0.05, 0.1) is 0 Å². The van der Waals surface area contributed by atoms with E-state index in [1.54, 1.807) is 6.07 Å². The molecule has 0 aromatic heterocycles. The average molecular weight is 463 g/mol. The number of aryl methyl sites for hydroxylation is 2. The summed E-state index contributed by atoms with van der Waals surface area (Å²) >= 11 is 0. The topological polar surface area (TPSA) is 57.5 Å². The van der Waals surface area contributed by atoms with Crippen LogP contribution in [0.2, 0.25) is 0 Å². The predicted octanol–water partition coefficient (Wildman–Crippen LogP) is 5.88. The Morgan fingerprint density at radius 2 is 1.12 bits per heavy atom. The van der Waals surface area contributed by atoms with Gasteiger partial charge < -0.3 is 10.2 Å². The Balaban J connectivity index is 2.48. The van der Waals surface area contributed by atoms with Crippen LogP contribution in [-0.4, -0.2) is 16.5 Å². The Morgan fingerprint density at radius 3 is 1.52 bits per heavy atom. The molecule has 0 saturated carbocycles. The Labute approximate surface area is 199 Å². The van der Waals surface area contributed by atoms with E-state index in [1.165, 1.54) is 0 Å². The maximum absolute atomic E-state index is 12.0. The molecule has 0 saturated heterocycles. The van der Waals surface area contributed by atoms with Crippen molar-refractivity contribution in [2.75, 3.05) is 0 Å². The fraction of sp³-hybridized carbons (Fsp3) is 0.345. The van der Waals surface area contributed by atoms with Gasteiger partial charge in [-0.25, -0.2) is 0 Å². The fourth-order valence-corrected chi connectivity index (χ4v) is 6.91. The van der Waals surface area contributed by atoms with Crippen molar-refractivity contribution in [2.45, 2.75) is 66.2 Å². The zero-order chi connectivity index (χ0) is 24.7. The Bertz CT molecular complexity index is 1130. The quantitative estimate of drug-likeness (QED) is 0.376. The van der Waals surface area contributed by atoms with E-state index in [0.29, 0.717) is 5.56 Å². The van der Waals surface area contributed by atoms with Crippen molar-refractivity contribution >= 4 is 30.1 Å². The summed E-state index contributed by atoms with van der Waals surface area (Å²) in [6, 6.07) is 15.5. The van der Waals surface area contributed by atoms with E-state index in [0.717, 1.165) is 44.5 Å². The molecule has 0 aliphatic heterocycles. The number of benzene rings is 3. The molecular weight excluding hydrogens is 427 g/mol. The molecule has 0 spiro atoms. The first-order chi connectivity index (χ1) is 15.3. The van der Waals surface area contributed by atoms with Gasteiger partial charge in [0.2, 0.25) is 0 Å². The zero-order valence-corrected chi connectivity index (χ0v) is 21.8. The highest BCUT2D eigenvalue weighted by Gasteiger charge is 2.31. The third-order valence-electron chi connectivity index (χ3n) is 5.87. The summed E-state index contributed by atoms with van der Waals surface area (Å²) in [4.78, 5) is 12.0. The van der Waals surface area contributed by atoms with Crippen LogP contribution in [0.3, 0.4) is 0 Å². The lowest BCUT2D eigenvalue weighted by atomic mass is 9.85. The van der Waals surface area contributed by atoms with Gasteiger partial charge in [0.15, 0.2) is 6.29 Å². The van der Waals surface area contributed by atoms with Crippen LogP contribution in [0.1, 0.15) is 74.2 Å². The van der Waals surface area contributed by atoms with Gasteiger partial charge in [-0.1, -0.05) is 77.9 Å². The first kappa shape index (κ1) is 25.0. The number of rotatable bonds is 4. The van der Waals surface area contributed by atoms with Gasteiger partial charge in [-0.15, -0.1) is 0 Å². The second-order valence-corrected chi connectivity index (χ2v) is 13.0. The van der Waals surface area contributed by atoms with E-state index in [4.69, 9.17) is 0 Å². The van der Waals surface area contributed by atoms with Crippen LogP contribution < -0.4 is 15.9 Å². The molecule has 0 aliphatic rings. The predicted molar refractivity (Wildman–Crippen MR) is 141 cm³/mol. The molecule has 0 atom stereocenters. The molecule has 3 aromatic rings. The minimum absolute atomic E-state index is 0.234. The first-order valence-electron chi connectivity index (χ1n) is 11.3. The summed E-state index contributed by atoms with van der Waals surface area (Å²) < 4.78 is 0. The minimum Gasteiger partial charge on any atom is -0.507 e. The molecule has 0 radical (unpaired) electrons. The van der Waals surface area contributed by atoms with E-state index in [-0.39, 0.29) is 22.3 Å². The molecule has 0 bridgehead atoms. The lowest BCUT2D eigenvalue weighted by Gasteiger charge is -2.30. The Kier molecular flexibility index (Phi) is 6.78. The molecule has 0 amide bonds. The van der Waals surface area contributed by atoms with Gasteiger partial charge in [-0.3, -0.25) is 4.79 Å². The van der Waals surface area contributed by atoms with Crippen molar-refractivity contribution in [3.8, 4) is 11.5 Å². The third-order valence-corrected chi connectivity index (χ3v) is 8.41. The molecule has 4 heteroatoms. The Morgan fingerprint density at radius 1 is 0.697 bits per heavy atom. The number of phenolic OH excluding ortho intramolecular Hbond substituents is 2. The lowest BCUT2D eigenvalue weighted by molar-refractivity contribution is 0.112. The Hall–Kier alpha value is -2.64. The zero-order valence-electron chi connectivity index (χ0n) is 20.9.